The second-order valence-electron chi connectivity index (χ2n) is 4.69. The zero-order chi connectivity index (χ0) is 12.2. The molecule has 1 fully saturated rings. The van der Waals surface area contributed by atoms with E-state index < -0.39 is 0 Å². The molecule has 0 aromatic carbocycles. The largest absolute Gasteiger partial charge is 0.392 e. The van der Waals surface area contributed by atoms with Gasteiger partial charge in [0.1, 0.15) is 0 Å². The Morgan fingerprint density at radius 2 is 2.25 bits per heavy atom. The van der Waals surface area contributed by atoms with Crippen LogP contribution in [0.2, 0.25) is 0 Å². The van der Waals surface area contributed by atoms with Crippen molar-refractivity contribution in [1.82, 2.24) is 0 Å². The van der Waals surface area contributed by atoms with E-state index in [1.165, 1.54) is 5.57 Å². The molecule has 1 aliphatic carbocycles. The van der Waals surface area contributed by atoms with Gasteiger partial charge in [-0.15, -0.1) is 0 Å². The number of hydrogen-bond acceptors (Lipinski definition) is 1. The quantitative estimate of drug-likeness (QED) is 0.674. The monoisotopic (exact) mass is 220 g/mol. The standard InChI is InChI=1S/C15H24O/c1-5-8-9-10-13(6-2)15(12(4)16)11-14(15)7-3/h6,8-10,12,14,16H,2,5,7,11H2,1,3-4H3/b9-8-,13-10+. The Balaban J connectivity index is 2.90. The number of aliphatic hydroxyl groups excluding tert-OH is 1. The summed E-state index contributed by atoms with van der Waals surface area (Å²) in [6, 6.07) is 0. The predicted molar refractivity (Wildman–Crippen MR) is 70.2 cm³/mol. The summed E-state index contributed by atoms with van der Waals surface area (Å²) in [5.74, 6) is 0.617. The van der Waals surface area contributed by atoms with Crippen LogP contribution < -0.4 is 0 Å². The van der Waals surface area contributed by atoms with Crippen molar-refractivity contribution < 1.29 is 5.11 Å². The molecule has 1 rings (SSSR count). The molecule has 0 radical (unpaired) electrons. The molecule has 0 amide bonds. The lowest BCUT2D eigenvalue weighted by Crippen LogP contribution is -2.22. The molecular formula is C15H24O. The van der Waals surface area contributed by atoms with E-state index in [1.807, 2.05) is 13.0 Å². The number of allylic oxidation sites excluding steroid dienone is 4. The molecule has 0 heterocycles. The third-order valence-electron chi connectivity index (χ3n) is 3.80. The highest BCUT2D eigenvalue weighted by molar-refractivity contribution is 5.37. The summed E-state index contributed by atoms with van der Waals surface area (Å²) in [6.45, 7) is 10.1. The number of hydrogen-bond donors (Lipinski definition) is 1. The molecule has 1 nitrogen and oxygen atoms in total. The Bertz CT molecular complexity index is 299. The summed E-state index contributed by atoms with van der Waals surface area (Å²) >= 11 is 0. The number of aliphatic hydroxyl groups is 1. The van der Waals surface area contributed by atoms with Gasteiger partial charge in [-0.1, -0.05) is 51.2 Å². The average Bonchev–Trinajstić information content (AvgIpc) is 3.00. The molecule has 3 atom stereocenters. The van der Waals surface area contributed by atoms with Gasteiger partial charge in [-0.05, 0) is 31.3 Å². The fourth-order valence-corrected chi connectivity index (χ4v) is 2.68. The molecule has 0 aliphatic heterocycles. The van der Waals surface area contributed by atoms with Crippen LogP contribution in [0.25, 0.3) is 0 Å². The summed E-state index contributed by atoms with van der Waals surface area (Å²) in [5.41, 5.74) is 1.17. The van der Waals surface area contributed by atoms with E-state index in [4.69, 9.17) is 0 Å². The fourth-order valence-electron chi connectivity index (χ4n) is 2.68. The molecule has 3 unspecified atom stereocenters. The number of rotatable bonds is 6. The van der Waals surface area contributed by atoms with Crippen molar-refractivity contribution in [3.8, 4) is 0 Å². The van der Waals surface area contributed by atoms with E-state index in [9.17, 15) is 5.11 Å². The zero-order valence-corrected chi connectivity index (χ0v) is 10.7. The minimum Gasteiger partial charge on any atom is -0.392 e. The van der Waals surface area contributed by atoms with Gasteiger partial charge in [0.05, 0.1) is 6.10 Å². The molecule has 16 heavy (non-hydrogen) atoms. The van der Waals surface area contributed by atoms with Crippen molar-refractivity contribution >= 4 is 0 Å². The fraction of sp³-hybridized carbons (Fsp3) is 0.600. The first-order chi connectivity index (χ1) is 7.63. The van der Waals surface area contributed by atoms with Crippen LogP contribution in [0.3, 0.4) is 0 Å². The summed E-state index contributed by atoms with van der Waals surface area (Å²) in [5, 5.41) is 9.99. The molecule has 1 N–H and O–H groups in total. The minimum absolute atomic E-state index is 0.0193. The minimum atomic E-state index is -0.281. The summed E-state index contributed by atoms with van der Waals surface area (Å²) in [7, 11) is 0. The maximum Gasteiger partial charge on any atom is 0.0611 e. The topological polar surface area (TPSA) is 20.2 Å². The third-order valence-corrected chi connectivity index (χ3v) is 3.80. The van der Waals surface area contributed by atoms with Gasteiger partial charge < -0.3 is 5.11 Å². The molecular weight excluding hydrogens is 196 g/mol. The smallest absolute Gasteiger partial charge is 0.0611 e. The Labute approximate surface area is 99.6 Å². The Morgan fingerprint density at radius 1 is 1.56 bits per heavy atom. The van der Waals surface area contributed by atoms with Gasteiger partial charge in [0.15, 0.2) is 0 Å². The maximum atomic E-state index is 9.99. The maximum absolute atomic E-state index is 9.99. The van der Waals surface area contributed by atoms with Gasteiger partial charge in [0, 0.05) is 5.41 Å². The molecule has 0 aromatic heterocycles. The van der Waals surface area contributed by atoms with Crippen molar-refractivity contribution in [3.63, 3.8) is 0 Å². The summed E-state index contributed by atoms with van der Waals surface area (Å²) in [6.07, 6.45) is 11.2. The van der Waals surface area contributed by atoms with Gasteiger partial charge in [0.2, 0.25) is 0 Å². The molecule has 1 heteroatoms. The Hall–Kier alpha value is -0.820. The zero-order valence-electron chi connectivity index (χ0n) is 10.7. The lowest BCUT2D eigenvalue weighted by atomic mass is 9.86. The van der Waals surface area contributed by atoms with E-state index in [0.29, 0.717) is 5.92 Å². The van der Waals surface area contributed by atoms with Crippen LogP contribution in [-0.4, -0.2) is 11.2 Å². The third kappa shape index (κ3) is 2.30. The first kappa shape index (κ1) is 13.2. The SMILES string of the molecule is C=C/C(=C\C=C/CC)C1(C(C)O)CC1CC. The summed E-state index contributed by atoms with van der Waals surface area (Å²) < 4.78 is 0. The highest BCUT2D eigenvalue weighted by Crippen LogP contribution is 2.61. The first-order valence-corrected chi connectivity index (χ1v) is 6.31. The van der Waals surface area contributed by atoms with Crippen molar-refractivity contribution in [2.45, 2.75) is 46.1 Å². The van der Waals surface area contributed by atoms with Crippen LogP contribution >= 0.6 is 0 Å². The van der Waals surface area contributed by atoms with Crippen LogP contribution in [0.5, 0.6) is 0 Å². The predicted octanol–water partition coefficient (Wildman–Crippen LogP) is 3.86. The second-order valence-corrected chi connectivity index (χ2v) is 4.69. The molecule has 0 spiro atoms. The van der Waals surface area contributed by atoms with E-state index in [1.54, 1.807) is 0 Å². The van der Waals surface area contributed by atoms with E-state index in [0.717, 1.165) is 19.3 Å². The van der Waals surface area contributed by atoms with Crippen LogP contribution in [0.15, 0.2) is 36.5 Å². The van der Waals surface area contributed by atoms with Crippen LogP contribution in [-0.2, 0) is 0 Å². The van der Waals surface area contributed by atoms with E-state index >= 15 is 0 Å². The van der Waals surface area contributed by atoms with E-state index in [2.05, 4.69) is 38.7 Å². The van der Waals surface area contributed by atoms with Gasteiger partial charge in [-0.25, -0.2) is 0 Å². The van der Waals surface area contributed by atoms with Crippen LogP contribution in [0.1, 0.15) is 40.0 Å². The highest BCUT2D eigenvalue weighted by Gasteiger charge is 2.57. The van der Waals surface area contributed by atoms with Crippen molar-refractivity contribution in [1.29, 1.82) is 0 Å². The average molecular weight is 220 g/mol. The molecule has 90 valence electrons. The molecule has 1 saturated carbocycles. The van der Waals surface area contributed by atoms with Gasteiger partial charge in [0.25, 0.3) is 0 Å². The highest BCUT2D eigenvalue weighted by atomic mass is 16.3. The molecule has 1 aliphatic rings. The van der Waals surface area contributed by atoms with Crippen molar-refractivity contribution in [2.75, 3.05) is 0 Å². The molecule has 0 saturated heterocycles. The Kier molecular flexibility index (Phi) is 4.55. The molecule has 0 aromatic rings. The van der Waals surface area contributed by atoms with Gasteiger partial charge in [-0.2, -0.15) is 0 Å². The van der Waals surface area contributed by atoms with Gasteiger partial charge in [-0.3, -0.25) is 0 Å². The van der Waals surface area contributed by atoms with Crippen molar-refractivity contribution in [3.05, 3.63) is 36.5 Å². The Morgan fingerprint density at radius 3 is 2.62 bits per heavy atom. The lowest BCUT2D eigenvalue weighted by Gasteiger charge is -2.22. The molecule has 0 bridgehead atoms. The normalized spacial score (nSPS) is 31.8. The van der Waals surface area contributed by atoms with Crippen LogP contribution in [0.4, 0.5) is 0 Å². The van der Waals surface area contributed by atoms with Gasteiger partial charge >= 0.3 is 0 Å². The van der Waals surface area contributed by atoms with Crippen LogP contribution in [0, 0.1) is 11.3 Å². The van der Waals surface area contributed by atoms with Crippen molar-refractivity contribution in [2.24, 2.45) is 11.3 Å². The lowest BCUT2D eigenvalue weighted by molar-refractivity contribution is 0.122. The first-order valence-electron chi connectivity index (χ1n) is 6.31. The van der Waals surface area contributed by atoms with E-state index in [-0.39, 0.29) is 11.5 Å². The summed E-state index contributed by atoms with van der Waals surface area (Å²) in [4.78, 5) is 0. The second kappa shape index (κ2) is 5.49.